The van der Waals surface area contributed by atoms with Crippen LogP contribution in [0.25, 0.3) is 0 Å². The van der Waals surface area contributed by atoms with E-state index in [0.29, 0.717) is 6.54 Å². The number of rotatable bonds is 9. The standard InChI is InChI=1S/C14H19F2NO3/c15-14(16)20-12-8-4-3-7-11(12)13(19)17-9-5-1-2-6-10-18/h3-4,7-8,14,18H,1-2,5-6,9-10H2,(H,17,19). The first kappa shape index (κ1) is 16.4. The molecule has 4 nitrogen and oxygen atoms in total. The van der Waals surface area contributed by atoms with E-state index in [9.17, 15) is 13.6 Å². The molecule has 0 unspecified atom stereocenters. The predicted molar refractivity (Wildman–Crippen MR) is 71.0 cm³/mol. The van der Waals surface area contributed by atoms with Crippen LogP contribution < -0.4 is 10.1 Å². The molecule has 0 aliphatic rings. The van der Waals surface area contributed by atoms with Crippen molar-refractivity contribution in [3.63, 3.8) is 0 Å². The predicted octanol–water partition coefficient (Wildman–Crippen LogP) is 2.57. The third kappa shape index (κ3) is 5.97. The minimum atomic E-state index is -2.96. The van der Waals surface area contributed by atoms with E-state index in [4.69, 9.17) is 5.11 Å². The van der Waals surface area contributed by atoms with E-state index in [-0.39, 0.29) is 17.9 Å². The van der Waals surface area contributed by atoms with Gasteiger partial charge in [-0.1, -0.05) is 25.0 Å². The van der Waals surface area contributed by atoms with Crippen LogP contribution in [0, 0.1) is 0 Å². The number of benzene rings is 1. The summed E-state index contributed by atoms with van der Waals surface area (Å²) in [7, 11) is 0. The molecule has 1 aromatic rings. The van der Waals surface area contributed by atoms with Gasteiger partial charge in [-0.25, -0.2) is 0 Å². The molecule has 0 atom stereocenters. The minimum absolute atomic E-state index is 0.100. The second-order valence-electron chi connectivity index (χ2n) is 4.27. The number of hydrogen-bond donors (Lipinski definition) is 2. The molecule has 1 amide bonds. The number of aliphatic hydroxyl groups excluding tert-OH is 1. The van der Waals surface area contributed by atoms with Crippen LogP contribution in [0.4, 0.5) is 8.78 Å². The van der Waals surface area contributed by atoms with Crippen LogP contribution in [-0.2, 0) is 0 Å². The van der Waals surface area contributed by atoms with Gasteiger partial charge >= 0.3 is 6.61 Å². The number of para-hydroxylation sites is 1. The minimum Gasteiger partial charge on any atom is -0.434 e. The van der Waals surface area contributed by atoms with E-state index in [0.717, 1.165) is 25.7 Å². The lowest BCUT2D eigenvalue weighted by Gasteiger charge is -2.10. The third-order valence-electron chi connectivity index (χ3n) is 2.72. The van der Waals surface area contributed by atoms with Gasteiger partial charge in [0.1, 0.15) is 5.75 Å². The van der Waals surface area contributed by atoms with E-state index >= 15 is 0 Å². The number of aliphatic hydroxyl groups is 1. The molecule has 0 aliphatic heterocycles. The molecule has 6 heteroatoms. The molecule has 0 radical (unpaired) electrons. The summed E-state index contributed by atoms with van der Waals surface area (Å²) in [5.41, 5.74) is 0.100. The summed E-state index contributed by atoms with van der Waals surface area (Å²) < 4.78 is 28.7. The summed E-state index contributed by atoms with van der Waals surface area (Å²) in [6, 6.07) is 5.90. The molecule has 0 aliphatic carbocycles. The van der Waals surface area contributed by atoms with Gasteiger partial charge in [-0.15, -0.1) is 0 Å². The van der Waals surface area contributed by atoms with Crippen molar-refractivity contribution >= 4 is 5.91 Å². The monoisotopic (exact) mass is 287 g/mol. The number of carbonyl (C=O) groups is 1. The van der Waals surface area contributed by atoms with Gasteiger partial charge in [-0.2, -0.15) is 8.78 Å². The normalized spacial score (nSPS) is 10.6. The Morgan fingerprint density at radius 2 is 1.90 bits per heavy atom. The van der Waals surface area contributed by atoms with E-state index in [1.807, 2.05) is 0 Å². The van der Waals surface area contributed by atoms with Crippen LogP contribution in [0.15, 0.2) is 24.3 Å². The average molecular weight is 287 g/mol. The Balaban J connectivity index is 2.43. The zero-order chi connectivity index (χ0) is 14.8. The molecule has 0 heterocycles. The number of unbranched alkanes of at least 4 members (excludes halogenated alkanes) is 3. The fraction of sp³-hybridized carbons (Fsp3) is 0.500. The second-order valence-corrected chi connectivity index (χ2v) is 4.27. The molecular formula is C14H19F2NO3. The highest BCUT2D eigenvalue weighted by molar-refractivity contribution is 5.96. The Kier molecular flexibility index (Phi) is 7.57. The maximum Gasteiger partial charge on any atom is 0.387 e. The molecule has 0 fully saturated rings. The Morgan fingerprint density at radius 3 is 2.60 bits per heavy atom. The van der Waals surface area contributed by atoms with Crippen molar-refractivity contribution in [3.05, 3.63) is 29.8 Å². The Labute approximate surface area is 116 Å². The van der Waals surface area contributed by atoms with Crippen LogP contribution in [0.3, 0.4) is 0 Å². The number of halogens is 2. The average Bonchev–Trinajstić information content (AvgIpc) is 2.42. The molecular weight excluding hydrogens is 268 g/mol. The van der Waals surface area contributed by atoms with Gasteiger partial charge in [0.2, 0.25) is 0 Å². The van der Waals surface area contributed by atoms with E-state index in [1.54, 1.807) is 6.07 Å². The molecule has 112 valence electrons. The number of amides is 1. The third-order valence-corrected chi connectivity index (χ3v) is 2.72. The summed E-state index contributed by atoms with van der Waals surface area (Å²) in [5, 5.41) is 11.3. The maximum atomic E-state index is 12.2. The summed E-state index contributed by atoms with van der Waals surface area (Å²) in [5.74, 6) is -0.552. The number of carbonyl (C=O) groups excluding carboxylic acids is 1. The van der Waals surface area contributed by atoms with Gasteiger partial charge in [0.15, 0.2) is 0 Å². The fourth-order valence-corrected chi connectivity index (χ4v) is 1.74. The number of alkyl halides is 2. The zero-order valence-corrected chi connectivity index (χ0v) is 11.1. The van der Waals surface area contributed by atoms with Crippen LogP contribution >= 0.6 is 0 Å². The fourth-order valence-electron chi connectivity index (χ4n) is 1.74. The van der Waals surface area contributed by atoms with Crippen LogP contribution in [0.2, 0.25) is 0 Å². The molecule has 0 spiro atoms. The molecule has 2 N–H and O–H groups in total. The van der Waals surface area contributed by atoms with Gasteiger partial charge < -0.3 is 15.2 Å². The second kappa shape index (κ2) is 9.25. The van der Waals surface area contributed by atoms with Crippen molar-refractivity contribution in [2.24, 2.45) is 0 Å². The zero-order valence-electron chi connectivity index (χ0n) is 11.1. The lowest BCUT2D eigenvalue weighted by molar-refractivity contribution is -0.0501. The van der Waals surface area contributed by atoms with E-state index in [1.165, 1.54) is 18.2 Å². The van der Waals surface area contributed by atoms with Crippen molar-refractivity contribution in [1.82, 2.24) is 5.32 Å². The topological polar surface area (TPSA) is 58.6 Å². The summed E-state index contributed by atoms with van der Waals surface area (Å²) >= 11 is 0. The van der Waals surface area contributed by atoms with Crippen LogP contribution in [0.5, 0.6) is 5.75 Å². The molecule has 20 heavy (non-hydrogen) atoms. The van der Waals surface area contributed by atoms with Crippen molar-refractivity contribution in [2.45, 2.75) is 32.3 Å². The first-order valence-corrected chi connectivity index (χ1v) is 6.58. The maximum absolute atomic E-state index is 12.2. The van der Waals surface area contributed by atoms with E-state index < -0.39 is 12.5 Å². The summed E-state index contributed by atoms with van der Waals surface area (Å²) in [6.07, 6.45) is 3.33. The van der Waals surface area contributed by atoms with Crippen molar-refractivity contribution in [3.8, 4) is 5.75 Å². The van der Waals surface area contributed by atoms with Crippen molar-refractivity contribution in [1.29, 1.82) is 0 Å². The largest absolute Gasteiger partial charge is 0.434 e. The van der Waals surface area contributed by atoms with Crippen molar-refractivity contribution < 1.29 is 23.4 Å². The van der Waals surface area contributed by atoms with E-state index in [2.05, 4.69) is 10.1 Å². The number of ether oxygens (including phenoxy) is 1. The van der Waals surface area contributed by atoms with Crippen LogP contribution in [0.1, 0.15) is 36.0 Å². The highest BCUT2D eigenvalue weighted by atomic mass is 19.3. The summed E-state index contributed by atoms with van der Waals surface area (Å²) in [4.78, 5) is 11.9. The number of hydrogen-bond acceptors (Lipinski definition) is 3. The van der Waals surface area contributed by atoms with Gasteiger partial charge in [-0.05, 0) is 25.0 Å². The van der Waals surface area contributed by atoms with Crippen molar-refractivity contribution in [2.75, 3.05) is 13.2 Å². The Hall–Kier alpha value is -1.69. The highest BCUT2D eigenvalue weighted by Crippen LogP contribution is 2.19. The first-order chi connectivity index (χ1) is 9.65. The first-order valence-electron chi connectivity index (χ1n) is 6.58. The van der Waals surface area contributed by atoms with Gasteiger partial charge in [0, 0.05) is 13.2 Å². The summed E-state index contributed by atoms with van der Waals surface area (Å²) in [6.45, 7) is -2.32. The Bertz CT molecular complexity index is 413. The number of nitrogens with one attached hydrogen (secondary N) is 1. The van der Waals surface area contributed by atoms with Gasteiger partial charge in [-0.3, -0.25) is 4.79 Å². The Morgan fingerprint density at radius 1 is 1.20 bits per heavy atom. The smallest absolute Gasteiger partial charge is 0.387 e. The quantitative estimate of drug-likeness (QED) is 0.686. The molecule has 0 bridgehead atoms. The van der Waals surface area contributed by atoms with Crippen LogP contribution in [-0.4, -0.2) is 30.8 Å². The molecule has 0 aromatic heterocycles. The molecule has 0 saturated heterocycles. The SMILES string of the molecule is O=C(NCCCCCCO)c1ccccc1OC(F)F. The molecule has 1 aromatic carbocycles. The highest BCUT2D eigenvalue weighted by Gasteiger charge is 2.14. The lowest BCUT2D eigenvalue weighted by Crippen LogP contribution is -2.25. The van der Waals surface area contributed by atoms with Gasteiger partial charge in [0.25, 0.3) is 5.91 Å². The molecule has 1 rings (SSSR count). The molecule has 0 saturated carbocycles. The van der Waals surface area contributed by atoms with Gasteiger partial charge in [0.05, 0.1) is 5.56 Å². The lowest BCUT2D eigenvalue weighted by atomic mass is 10.1.